The average Bonchev–Trinajstić information content (AvgIpc) is 3.25. The maximum atomic E-state index is 13.3. The molecule has 1 fully saturated rings. The molecule has 0 saturated carbocycles. The van der Waals surface area contributed by atoms with Crippen molar-refractivity contribution in [1.82, 2.24) is 15.2 Å². The van der Waals surface area contributed by atoms with Crippen LogP contribution in [-0.2, 0) is 4.79 Å². The third kappa shape index (κ3) is 5.63. The molecule has 1 aliphatic heterocycles. The number of anilines is 4. The van der Waals surface area contributed by atoms with Gasteiger partial charge >= 0.3 is 23.8 Å². The van der Waals surface area contributed by atoms with Crippen LogP contribution >= 0.6 is 0 Å². The number of carbonyl (C=O) groups is 2. The van der Waals surface area contributed by atoms with Crippen LogP contribution in [-0.4, -0.2) is 45.3 Å². The van der Waals surface area contributed by atoms with Crippen molar-refractivity contribution >= 4 is 35.1 Å². The highest BCUT2D eigenvalue weighted by atomic mass is 19.2. The summed E-state index contributed by atoms with van der Waals surface area (Å²) in [5, 5.41) is 21.7. The zero-order valence-electron chi connectivity index (χ0n) is 18.0. The Hall–Kier alpha value is -4.09. The first-order valence-electron chi connectivity index (χ1n) is 10.7. The lowest BCUT2D eigenvalue weighted by atomic mass is 9.95. The molecule has 34 heavy (non-hydrogen) atoms. The minimum Gasteiger partial charge on any atom is -0.481 e. The third-order valence-corrected chi connectivity index (χ3v) is 5.43. The predicted octanol–water partition coefficient (Wildman–Crippen LogP) is 3.82. The van der Waals surface area contributed by atoms with Gasteiger partial charge in [0.25, 0.3) is 0 Å². The van der Waals surface area contributed by atoms with E-state index in [-0.39, 0.29) is 23.5 Å². The quantitative estimate of drug-likeness (QED) is 0.489. The van der Waals surface area contributed by atoms with E-state index in [9.17, 15) is 23.5 Å². The highest BCUT2D eigenvalue weighted by molar-refractivity contribution is 6.00. The summed E-state index contributed by atoms with van der Waals surface area (Å²) in [6, 6.07) is 6.45. The first-order valence-corrected chi connectivity index (χ1v) is 10.7. The van der Waals surface area contributed by atoms with Crippen molar-refractivity contribution in [2.75, 3.05) is 28.6 Å². The van der Waals surface area contributed by atoms with Crippen molar-refractivity contribution in [3.05, 3.63) is 54.1 Å². The molecule has 3 aromatic rings. The lowest BCUT2D eigenvalue weighted by molar-refractivity contribution is -0.142. The molecule has 2 aromatic heterocycles. The number of aliphatic carboxylic acids is 1. The second kappa shape index (κ2) is 10.2. The van der Waals surface area contributed by atoms with Crippen molar-refractivity contribution in [3.63, 3.8) is 0 Å². The minimum atomic E-state index is -1.04. The second-order valence-electron chi connectivity index (χ2n) is 7.83. The fourth-order valence-corrected chi connectivity index (χ4v) is 3.68. The van der Waals surface area contributed by atoms with E-state index in [2.05, 4.69) is 30.7 Å². The monoisotopic (exact) mass is 472 g/mol. The Morgan fingerprint density at radius 3 is 2.41 bits per heavy atom. The van der Waals surface area contributed by atoms with Gasteiger partial charge in [0.2, 0.25) is 0 Å². The molecule has 10 nitrogen and oxygen atoms in total. The Morgan fingerprint density at radius 1 is 1.03 bits per heavy atom. The first kappa shape index (κ1) is 23.1. The van der Waals surface area contributed by atoms with Gasteiger partial charge in [-0.1, -0.05) is 5.10 Å². The summed E-state index contributed by atoms with van der Waals surface area (Å²) in [7, 11) is 0. The van der Waals surface area contributed by atoms with Crippen LogP contribution in [0, 0.1) is 17.6 Å². The standard InChI is InChI=1S/C22H22F2N6O4/c23-16-7-5-14(11-17(16)24)27-22-29-28-20(34-22)19(31)26-15-6-8-18(25-12-15)30-9-1-3-13(21(32)33)4-2-10-30/h5-8,11-13H,1-4,9-10H2,(H,26,31)(H,27,29)(H,32,33). The normalized spacial score (nSPS) is 14.8. The van der Waals surface area contributed by atoms with E-state index >= 15 is 0 Å². The smallest absolute Gasteiger partial charge is 0.320 e. The van der Waals surface area contributed by atoms with Gasteiger partial charge in [-0.3, -0.25) is 9.59 Å². The number of rotatable bonds is 6. The summed E-state index contributed by atoms with van der Waals surface area (Å²) in [6.45, 7) is 1.41. The summed E-state index contributed by atoms with van der Waals surface area (Å²) in [6.07, 6.45) is 4.29. The number of carboxylic acid groups (broad SMARTS) is 1. The van der Waals surface area contributed by atoms with Gasteiger partial charge in [-0.15, -0.1) is 5.10 Å². The number of carboxylic acids is 1. The molecule has 1 aromatic carbocycles. The minimum absolute atomic E-state index is 0.160. The number of amides is 1. The Bertz CT molecular complexity index is 1160. The molecule has 0 atom stereocenters. The molecular formula is C22H22F2N6O4. The number of halogens is 2. The topological polar surface area (TPSA) is 133 Å². The molecule has 4 rings (SSSR count). The fraction of sp³-hybridized carbons (Fsp3) is 0.318. The zero-order valence-corrected chi connectivity index (χ0v) is 18.0. The molecule has 1 saturated heterocycles. The largest absolute Gasteiger partial charge is 0.481 e. The average molecular weight is 472 g/mol. The van der Waals surface area contributed by atoms with Crippen molar-refractivity contribution in [2.24, 2.45) is 5.92 Å². The van der Waals surface area contributed by atoms with Gasteiger partial charge in [-0.05, 0) is 49.9 Å². The highest BCUT2D eigenvalue weighted by Crippen LogP contribution is 2.23. The van der Waals surface area contributed by atoms with Gasteiger partial charge in [-0.2, -0.15) is 0 Å². The molecule has 0 bridgehead atoms. The van der Waals surface area contributed by atoms with Gasteiger partial charge < -0.3 is 25.1 Å². The number of carbonyl (C=O) groups excluding carboxylic acids is 1. The lowest BCUT2D eigenvalue weighted by Crippen LogP contribution is -2.30. The van der Waals surface area contributed by atoms with Gasteiger partial charge in [0.05, 0.1) is 17.8 Å². The highest BCUT2D eigenvalue weighted by Gasteiger charge is 2.21. The summed E-state index contributed by atoms with van der Waals surface area (Å²) < 4.78 is 31.6. The molecule has 178 valence electrons. The number of aromatic nitrogens is 3. The molecule has 1 amide bonds. The molecular weight excluding hydrogens is 450 g/mol. The van der Waals surface area contributed by atoms with E-state index in [1.807, 2.05) is 0 Å². The van der Waals surface area contributed by atoms with Crippen molar-refractivity contribution in [1.29, 1.82) is 0 Å². The van der Waals surface area contributed by atoms with E-state index in [0.717, 1.165) is 30.8 Å². The SMILES string of the molecule is O=C(Nc1ccc(N2CCCC(C(=O)O)CCC2)nc1)c1nnc(Nc2ccc(F)c(F)c2)o1. The molecule has 1 aliphatic rings. The number of hydrogen-bond donors (Lipinski definition) is 3. The number of hydrogen-bond acceptors (Lipinski definition) is 8. The molecule has 3 heterocycles. The van der Waals surface area contributed by atoms with Gasteiger partial charge in [0.15, 0.2) is 11.6 Å². The van der Waals surface area contributed by atoms with Gasteiger partial charge in [-0.25, -0.2) is 13.8 Å². The molecule has 0 aliphatic carbocycles. The number of nitrogens with zero attached hydrogens (tertiary/aromatic N) is 4. The zero-order chi connectivity index (χ0) is 24.1. The number of nitrogens with one attached hydrogen (secondary N) is 2. The van der Waals surface area contributed by atoms with E-state index < -0.39 is 23.5 Å². The van der Waals surface area contributed by atoms with Gasteiger partial charge in [0.1, 0.15) is 5.82 Å². The maximum absolute atomic E-state index is 13.3. The first-order chi connectivity index (χ1) is 16.4. The Labute approximate surface area is 193 Å². The Kier molecular flexibility index (Phi) is 6.95. The van der Waals surface area contributed by atoms with Crippen LogP contribution in [0.3, 0.4) is 0 Å². The van der Waals surface area contributed by atoms with Crippen LogP contribution in [0.5, 0.6) is 0 Å². The fourth-order valence-electron chi connectivity index (χ4n) is 3.68. The van der Waals surface area contributed by atoms with Crippen LogP contribution < -0.4 is 15.5 Å². The van der Waals surface area contributed by atoms with Crippen LogP contribution in [0.4, 0.5) is 32.0 Å². The van der Waals surface area contributed by atoms with Crippen LogP contribution in [0.1, 0.15) is 36.4 Å². The summed E-state index contributed by atoms with van der Waals surface area (Å²) >= 11 is 0. The molecule has 3 N–H and O–H groups in total. The van der Waals surface area contributed by atoms with Crippen molar-refractivity contribution in [3.8, 4) is 0 Å². The second-order valence-corrected chi connectivity index (χ2v) is 7.83. The Morgan fingerprint density at radius 2 is 1.76 bits per heavy atom. The summed E-state index contributed by atoms with van der Waals surface area (Å²) in [5.74, 6) is -3.31. The molecule has 0 unspecified atom stereocenters. The summed E-state index contributed by atoms with van der Waals surface area (Å²) in [4.78, 5) is 30.1. The van der Waals surface area contributed by atoms with E-state index in [0.29, 0.717) is 31.6 Å². The summed E-state index contributed by atoms with van der Waals surface area (Å²) in [5.41, 5.74) is 0.594. The molecule has 12 heteroatoms. The predicted molar refractivity (Wildman–Crippen MR) is 118 cm³/mol. The maximum Gasteiger partial charge on any atom is 0.320 e. The van der Waals surface area contributed by atoms with E-state index in [1.165, 1.54) is 12.3 Å². The molecule has 0 spiro atoms. The van der Waals surface area contributed by atoms with E-state index in [1.54, 1.807) is 12.1 Å². The van der Waals surface area contributed by atoms with Crippen LogP contribution in [0.2, 0.25) is 0 Å². The number of benzene rings is 1. The van der Waals surface area contributed by atoms with Crippen LogP contribution in [0.15, 0.2) is 40.9 Å². The lowest BCUT2D eigenvalue weighted by Gasteiger charge is -2.27. The van der Waals surface area contributed by atoms with Crippen LogP contribution in [0.25, 0.3) is 0 Å². The van der Waals surface area contributed by atoms with E-state index in [4.69, 9.17) is 4.42 Å². The number of pyridine rings is 1. The van der Waals surface area contributed by atoms with Crippen molar-refractivity contribution in [2.45, 2.75) is 25.7 Å². The molecule has 0 radical (unpaired) electrons. The van der Waals surface area contributed by atoms with Crippen molar-refractivity contribution < 1.29 is 27.9 Å². The third-order valence-electron chi connectivity index (χ3n) is 5.43. The van der Waals surface area contributed by atoms with Gasteiger partial charge in [0, 0.05) is 24.8 Å². The Balaban J connectivity index is 1.33.